The highest BCUT2D eigenvalue weighted by Gasteiger charge is 2.09. The molecule has 1 aromatic carbocycles. The molecule has 0 spiro atoms. The summed E-state index contributed by atoms with van der Waals surface area (Å²) in [5.41, 5.74) is 1.61. The van der Waals surface area contributed by atoms with Gasteiger partial charge in [-0.1, -0.05) is 6.92 Å². The second-order valence-corrected chi connectivity index (χ2v) is 4.33. The average Bonchev–Trinajstić information content (AvgIpc) is 2.88. The number of rotatable bonds is 5. The van der Waals surface area contributed by atoms with Crippen molar-refractivity contribution in [2.75, 3.05) is 6.61 Å². The zero-order valence-electron chi connectivity index (χ0n) is 11.4. The van der Waals surface area contributed by atoms with Gasteiger partial charge in [0.15, 0.2) is 0 Å². The number of imidazole rings is 1. The fourth-order valence-electron chi connectivity index (χ4n) is 1.92. The Balaban J connectivity index is 2.15. The van der Waals surface area contributed by atoms with E-state index in [-0.39, 0.29) is 5.97 Å². The van der Waals surface area contributed by atoms with E-state index < -0.39 is 0 Å². The van der Waals surface area contributed by atoms with E-state index in [4.69, 9.17) is 4.74 Å². The topological polar surface area (TPSA) is 35.1 Å². The lowest BCUT2D eigenvalue weighted by atomic mass is 10.2. The highest BCUT2D eigenvalue weighted by molar-refractivity contribution is 5.89. The molecule has 4 heteroatoms. The maximum absolute atomic E-state index is 11.5. The summed E-state index contributed by atoms with van der Waals surface area (Å²) < 4.78 is 9.13. The van der Waals surface area contributed by atoms with Crippen LogP contribution in [0.3, 0.4) is 0 Å². The summed E-state index contributed by atoms with van der Waals surface area (Å²) >= 11 is 0. The summed E-state index contributed by atoms with van der Waals surface area (Å²) in [4.78, 5) is 11.5. The van der Waals surface area contributed by atoms with Crippen molar-refractivity contribution in [2.45, 2.75) is 26.8 Å². The number of aromatic nitrogens is 2. The van der Waals surface area contributed by atoms with Crippen LogP contribution in [0.1, 0.15) is 30.6 Å². The molecule has 0 radical (unpaired) electrons. The number of aryl methyl sites for hydroxylation is 1. The maximum atomic E-state index is 11.5. The van der Waals surface area contributed by atoms with E-state index in [9.17, 15) is 4.79 Å². The van der Waals surface area contributed by atoms with E-state index >= 15 is 0 Å². The molecule has 0 fully saturated rings. The van der Waals surface area contributed by atoms with Gasteiger partial charge in [0.05, 0.1) is 18.7 Å². The fourth-order valence-corrected chi connectivity index (χ4v) is 1.92. The van der Waals surface area contributed by atoms with Crippen LogP contribution in [-0.4, -0.2) is 17.1 Å². The number of carbonyl (C=O) groups is 1. The van der Waals surface area contributed by atoms with E-state index in [1.54, 1.807) is 19.1 Å². The Morgan fingerprint density at radius 2 is 2.00 bits per heavy atom. The third kappa shape index (κ3) is 3.22. The molecule has 1 aromatic heterocycles. The van der Waals surface area contributed by atoms with Gasteiger partial charge in [-0.25, -0.2) is 13.9 Å². The Morgan fingerprint density at radius 1 is 1.26 bits per heavy atom. The lowest BCUT2D eigenvalue weighted by molar-refractivity contribution is -0.696. The first-order chi connectivity index (χ1) is 9.24. The highest BCUT2D eigenvalue weighted by atomic mass is 16.5. The molecule has 19 heavy (non-hydrogen) atoms. The standard InChI is InChI=1S/C15H19N2O2/c1-3-9-16-10-11-17(12-16)14-7-5-13(6-8-14)15(18)19-4-2/h5-8,10-12H,3-4,9H2,1-2H3/q+1. The number of hydrogen-bond donors (Lipinski definition) is 0. The molecule has 0 saturated heterocycles. The number of carbonyl (C=O) groups excluding carboxylic acids is 1. The first-order valence-electron chi connectivity index (χ1n) is 6.59. The molecule has 4 nitrogen and oxygen atoms in total. The van der Waals surface area contributed by atoms with Crippen molar-refractivity contribution >= 4 is 5.97 Å². The average molecular weight is 259 g/mol. The fraction of sp³-hybridized carbons (Fsp3) is 0.333. The molecule has 0 saturated carbocycles. The number of esters is 1. The molecule has 0 aliphatic rings. The molecular weight excluding hydrogens is 240 g/mol. The Morgan fingerprint density at radius 3 is 2.63 bits per heavy atom. The molecule has 0 aliphatic carbocycles. The zero-order valence-corrected chi connectivity index (χ0v) is 11.4. The Bertz CT molecular complexity index is 544. The van der Waals surface area contributed by atoms with Crippen LogP contribution in [0.5, 0.6) is 0 Å². The lowest BCUT2D eigenvalue weighted by Crippen LogP contribution is -2.30. The summed E-state index contributed by atoms with van der Waals surface area (Å²) in [6.07, 6.45) is 7.21. The van der Waals surface area contributed by atoms with Gasteiger partial charge in [0.2, 0.25) is 6.33 Å². The van der Waals surface area contributed by atoms with Gasteiger partial charge in [-0.3, -0.25) is 0 Å². The van der Waals surface area contributed by atoms with Crippen LogP contribution in [0.15, 0.2) is 43.0 Å². The van der Waals surface area contributed by atoms with Crippen molar-refractivity contribution in [2.24, 2.45) is 0 Å². The second kappa shape index (κ2) is 6.18. The van der Waals surface area contributed by atoms with Gasteiger partial charge in [-0.05, 0) is 37.6 Å². The van der Waals surface area contributed by atoms with Crippen molar-refractivity contribution in [1.82, 2.24) is 4.57 Å². The van der Waals surface area contributed by atoms with Gasteiger partial charge in [0.25, 0.3) is 0 Å². The normalized spacial score (nSPS) is 10.4. The minimum absolute atomic E-state index is 0.275. The summed E-state index contributed by atoms with van der Waals surface area (Å²) in [5.74, 6) is -0.275. The van der Waals surface area contributed by atoms with Gasteiger partial charge < -0.3 is 4.74 Å². The maximum Gasteiger partial charge on any atom is 0.338 e. The molecule has 0 bridgehead atoms. The van der Waals surface area contributed by atoms with Crippen LogP contribution < -0.4 is 4.57 Å². The number of hydrogen-bond acceptors (Lipinski definition) is 2. The van der Waals surface area contributed by atoms with Crippen molar-refractivity contribution in [1.29, 1.82) is 0 Å². The quantitative estimate of drug-likeness (QED) is 0.610. The molecule has 1 heterocycles. The Labute approximate surface area is 113 Å². The molecular formula is C15H19N2O2+. The third-order valence-corrected chi connectivity index (χ3v) is 2.85. The Hall–Kier alpha value is -2.10. The van der Waals surface area contributed by atoms with Gasteiger partial charge in [0.1, 0.15) is 18.1 Å². The van der Waals surface area contributed by atoms with E-state index in [0.29, 0.717) is 12.2 Å². The van der Waals surface area contributed by atoms with Gasteiger partial charge in [-0.2, -0.15) is 0 Å². The summed E-state index contributed by atoms with van der Waals surface area (Å²) in [6.45, 7) is 5.36. The zero-order chi connectivity index (χ0) is 13.7. The van der Waals surface area contributed by atoms with Crippen LogP contribution >= 0.6 is 0 Å². The van der Waals surface area contributed by atoms with Gasteiger partial charge in [-0.15, -0.1) is 0 Å². The molecule has 0 N–H and O–H groups in total. The predicted molar refractivity (Wildman–Crippen MR) is 72.2 cm³/mol. The van der Waals surface area contributed by atoms with E-state index in [1.807, 2.05) is 35.4 Å². The monoisotopic (exact) mass is 259 g/mol. The first-order valence-corrected chi connectivity index (χ1v) is 6.59. The van der Waals surface area contributed by atoms with Crippen LogP contribution in [-0.2, 0) is 11.3 Å². The molecule has 0 atom stereocenters. The molecule has 0 amide bonds. The molecule has 0 unspecified atom stereocenters. The van der Waals surface area contributed by atoms with Crippen molar-refractivity contribution in [3.8, 4) is 5.69 Å². The minimum atomic E-state index is -0.275. The number of nitrogens with zero attached hydrogens (tertiary/aromatic N) is 2. The predicted octanol–water partition coefficient (Wildman–Crippen LogP) is 2.35. The molecule has 0 aliphatic heterocycles. The van der Waals surface area contributed by atoms with Crippen molar-refractivity contribution in [3.63, 3.8) is 0 Å². The van der Waals surface area contributed by atoms with E-state index in [2.05, 4.69) is 11.5 Å². The van der Waals surface area contributed by atoms with Crippen molar-refractivity contribution in [3.05, 3.63) is 48.5 Å². The molecule has 100 valence electrons. The number of ether oxygens (including phenoxy) is 1. The second-order valence-electron chi connectivity index (χ2n) is 4.33. The minimum Gasteiger partial charge on any atom is -0.462 e. The van der Waals surface area contributed by atoms with E-state index in [1.165, 1.54) is 0 Å². The third-order valence-electron chi connectivity index (χ3n) is 2.85. The van der Waals surface area contributed by atoms with Crippen LogP contribution in [0, 0.1) is 0 Å². The molecule has 2 rings (SSSR count). The summed E-state index contributed by atoms with van der Waals surface area (Å²) in [5, 5.41) is 0. The van der Waals surface area contributed by atoms with Gasteiger partial charge >= 0.3 is 5.97 Å². The van der Waals surface area contributed by atoms with Gasteiger partial charge in [0, 0.05) is 0 Å². The summed E-state index contributed by atoms with van der Waals surface area (Å²) in [6, 6.07) is 7.42. The summed E-state index contributed by atoms with van der Waals surface area (Å²) in [7, 11) is 0. The number of benzene rings is 1. The van der Waals surface area contributed by atoms with E-state index in [0.717, 1.165) is 18.7 Å². The lowest BCUT2D eigenvalue weighted by Gasteiger charge is -2.01. The Kier molecular flexibility index (Phi) is 4.34. The largest absolute Gasteiger partial charge is 0.462 e. The highest BCUT2D eigenvalue weighted by Crippen LogP contribution is 2.10. The van der Waals surface area contributed by atoms with Crippen LogP contribution in [0.4, 0.5) is 0 Å². The first kappa shape index (κ1) is 13.3. The molecule has 2 aromatic rings. The van der Waals surface area contributed by atoms with Crippen molar-refractivity contribution < 1.29 is 14.1 Å². The van der Waals surface area contributed by atoms with Crippen LogP contribution in [0.25, 0.3) is 5.69 Å². The smallest absolute Gasteiger partial charge is 0.338 e. The SMILES string of the molecule is CCC[n+]1ccn(-c2ccc(C(=O)OCC)cc2)c1. The van der Waals surface area contributed by atoms with Crippen LogP contribution in [0.2, 0.25) is 0 Å².